The summed E-state index contributed by atoms with van der Waals surface area (Å²) < 4.78 is 11.1. The van der Waals surface area contributed by atoms with Crippen LogP contribution in [0.3, 0.4) is 0 Å². The molecule has 136 valence electrons. The normalized spacial score (nSPS) is 41.4. The zero-order valence-electron chi connectivity index (χ0n) is 15.1. The minimum Gasteiger partial charge on any atom is -0.368 e. The number of aliphatic hydroxyl groups excluding tert-OH is 2. The van der Waals surface area contributed by atoms with Gasteiger partial charge >= 0.3 is 0 Å². The van der Waals surface area contributed by atoms with Crippen molar-refractivity contribution in [3.63, 3.8) is 0 Å². The molecule has 3 rings (SSSR count). The maximum Gasteiger partial charge on any atom is 0.167 e. The lowest BCUT2D eigenvalue weighted by molar-refractivity contribution is -0.301. The number of hydrogen-bond donors (Lipinski definition) is 2. The Kier molecular flexibility index (Phi) is 5.81. The van der Waals surface area contributed by atoms with E-state index >= 15 is 0 Å². The molecular formula is C20H32O4. The summed E-state index contributed by atoms with van der Waals surface area (Å²) in [4.78, 5) is 0. The molecule has 1 aliphatic carbocycles. The van der Waals surface area contributed by atoms with Crippen molar-refractivity contribution in [3.8, 4) is 0 Å². The number of aliphatic hydroxyl groups is 2. The number of ether oxygens (including phenoxy) is 2. The highest BCUT2D eigenvalue weighted by Gasteiger charge is 2.58. The van der Waals surface area contributed by atoms with Crippen LogP contribution in [0.5, 0.6) is 0 Å². The van der Waals surface area contributed by atoms with Crippen LogP contribution in [0.4, 0.5) is 0 Å². The van der Waals surface area contributed by atoms with Crippen molar-refractivity contribution in [2.24, 2.45) is 23.7 Å². The number of allylic oxidation sites excluding steroid dienone is 4. The largest absolute Gasteiger partial charge is 0.368 e. The van der Waals surface area contributed by atoms with Crippen LogP contribution in [0.15, 0.2) is 23.3 Å². The first-order chi connectivity index (χ1) is 11.5. The molecule has 7 atom stereocenters. The summed E-state index contributed by atoms with van der Waals surface area (Å²) in [5, 5.41) is 20.4. The minimum atomic E-state index is -0.764. The Morgan fingerprint density at radius 1 is 0.958 bits per heavy atom. The van der Waals surface area contributed by atoms with Gasteiger partial charge in [0.15, 0.2) is 18.9 Å². The fourth-order valence-corrected chi connectivity index (χ4v) is 4.79. The van der Waals surface area contributed by atoms with E-state index in [-0.39, 0.29) is 17.8 Å². The Balaban J connectivity index is 1.53. The van der Waals surface area contributed by atoms with Crippen LogP contribution in [0.2, 0.25) is 0 Å². The molecule has 24 heavy (non-hydrogen) atoms. The summed E-state index contributed by atoms with van der Waals surface area (Å²) in [5.41, 5.74) is 2.79. The third-order valence-corrected chi connectivity index (χ3v) is 6.05. The van der Waals surface area contributed by atoms with Gasteiger partial charge in [0, 0.05) is 17.8 Å². The van der Waals surface area contributed by atoms with E-state index in [9.17, 15) is 10.2 Å². The summed E-state index contributed by atoms with van der Waals surface area (Å²) in [6.45, 7) is 6.46. The number of rotatable bonds is 6. The van der Waals surface area contributed by atoms with Gasteiger partial charge in [-0.25, -0.2) is 0 Å². The smallest absolute Gasteiger partial charge is 0.167 e. The van der Waals surface area contributed by atoms with E-state index < -0.39 is 18.9 Å². The zero-order valence-corrected chi connectivity index (χ0v) is 15.1. The van der Waals surface area contributed by atoms with Gasteiger partial charge < -0.3 is 19.7 Å². The van der Waals surface area contributed by atoms with Gasteiger partial charge in [-0.1, -0.05) is 23.3 Å². The van der Waals surface area contributed by atoms with E-state index in [1.807, 2.05) is 0 Å². The summed E-state index contributed by atoms with van der Waals surface area (Å²) in [6.07, 6.45) is 8.88. The molecule has 1 saturated carbocycles. The van der Waals surface area contributed by atoms with Crippen molar-refractivity contribution >= 4 is 0 Å². The van der Waals surface area contributed by atoms with E-state index in [2.05, 4.69) is 32.9 Å². The maximum atomic E-state index is 10.4. The van der Waals surface area contributed by atoms with Crippen molar-refractivity contribution in [2.45, 2.75) is 78.2 Å². The van der Waals surface area contributed by atoms with E-state index in [4.69, 9.17) is 9.47 Å². The van der Waals surface area contributed by atoms with Gasteiger partial charge in [0.2, 0.25) is 0 Å². The molecule has 0 aromatic heterocycles. The summed E-state index contributed by atoms with van der Waals surface area (Å²) in [5.74, 6) is 1.03. The maximum absolute atomic E-state index is 10.4. The molecule has 0 spiro atoms. The van der Waals surface area contributed by atoms with Gasteiger partial charge in [0.1, 0.15) is 0 Å². The van der Waals surface area contributed by atoms with E-state index in [0.717, 1.165) is 38.5 Å². The van der Waals surface area contributed by atoms with Gasteiger partial charge in [0.25, 0.3) is 0 Å². The summed E-state index contributed by atoms with van der Waals surface area (Å²) >= 11 is 0. The zero-order chi connectivity index (χ0) is 17.3. The molecule has 3 fully saturated rings. The quantitative estimate of drug-likeness (QED) is 0.726. The fourth-order valence-electron chi connectivity index (χ4n) is 4.79. The van der Waals surface area contributed by atoms with Gasteiger partial charge in [-0.3, -0.25) is 0 Å². The van der Waals surface area contributed by atoms with Crippen LogP contribution in [-0.2, 0) is 9.47 Å². The Labute approximate surface area is 145 Å². The van der Waals surface area contributed by atoms with Crippen molar-refractivity contribution in [3.05, 3.63) is 23.3 Å². The first-order valence-electron chi connectivity index (χ1n) is 9.43. The Morgan fingerprint density at radius 3 is 2.42 bits per heavy atom. The average Bonchev–Trinajstić information content (AvgIpc) is 3.06. The monoisotopic (exact) mass is 336 g/mol. The van der Waals surface area contributed by atoms with Crippen molar-refractivity contribution in [1.29, 1.82) is 0 Å². The second-order valence-corrected chi connectivity index (χ2v) is 8.02. The molecule has 2 unspecified atom stereocenters. The highest BCUT2D eigenvalue weighted by Crippen LogP contribution is 2.54. The lowest BCUT2D eigenvalue weighted by Crippen LogP contribution is -2.45. The molecule has 2 heterocycles. The third kappa shape index (κ3) is 3.77. The first kappa shape index (κ1) is 18.1. The molecule has 0 bridgehead atoms. The fraction of sp³-hybridized carbons (Fsp3) is 0.800. The first-order valence-corrected chi connectivity index (χ1v) is 9.43. The highest BCUT2D eigenvalue weighted by molar-refractivity contribution is 5.03. The van der Waals surface area contributed by atoms with Crippen molar-refractivity contribution < 1.29 is 19.7 Å². The predicted molar refractivity (Wildman–Crippen MR) is 92.8 cm³/mol. The van der Waals surface area contributed by atoms with Gasteiger partial charge in [0.05, 0.1) is 0 Å². The van der Waals surface area contributed by atoms with E-state index in [0.29, 0.717) is 5.92 Å². The van der Waals surface area contributed by atoms with Crippen LogP contribution in [-0.4, -0.2) is 29.1 Å². The number of hydrogen-bond acceptors (Lipinski definition) is 4. The Bertz CT molecular complexity index is 494. The molecule has 4 nitrogen and oxygen atoms in total. The lowest BCUT2D eigenvalue weighted by atomic mass is 9.77. The van der Waals surface area contributed by atoms with E-state index in [1.54, 1.807) is 0 Å². The average molecular weight is 336 g/mol. The highest BCUT2D eigenvalue weighted by atomic mass is 16.8. The Hall–Kier alpha value is -0.680. The van der Waals surface area contributed by atoms with Crippen LogP contribution < -0.4 is 0 Å². The molecule has 3 aliphatic rings. The topological polar surface area (TPSA) is 58.9 Å². The van der Waals surface area contributed by atoms with Crippen molar-refractivity contribution in [1.82, 2.24) is 0 Å². The summed E-state index contributed by atoms with van der Waals surface area (Å²) in [6, 6.07) is 0. The predicted octanol–water partition coefficient (Wildman–Crippen LogP) is 3.74. The molecule has 2 aliphatic heterocycles. The molecule has 2 saturated heterocycles. The van der Waals surface area contributed by atoms with Crippen LogP contribution in [0.25, 0.3) is 0 Å². The third-order valence-electron chi connectivity index (χ3n) is 6.05. The lowest BCUT2D eigenvalue weighted by Gasteiger charge is -2.40. The molecule has 2 N–H and O–H groups in total. The van der Waals surface area contributed by atoms with Crippen molar-refractivity contribution in [2.75, 3.05) is 0 Å². The van der Waals surface area contributed by atoms with Crippen LogP contribution >= 0.6 is 0 Å². The van der Waals surface area contributed by atoms with Crippen LogP contribution in [0, 0.1) is 23.7 Å². The Morgan fingerprint density at radius 2 is 1.67 bits per heavy atom. The van der Waals surface area contributed by atoms with Gasteiger partial charge in [-0.15, -0.1) is 0 Å². The molecule has 0 aromatic rings. The minimum absolute atomic E-state index is 0.159. The molecule has 0 amide bonds. The molecule has 4 heteroatoms. The second kappa shape index (κ2) is 7.69. The molecule has 0 aromatic carbocycles. The standard InChI is InChI=1S/C20H32O4/c1-12(2)6-4-7-13(3)8-5-9-15-14-10-11-16-17(14)20(23-18(15)21)24-19(16)22/h6,8,14-22H,4-5,7,9-11H2,1-3H3/b13-8-/t14-,15-,16-,17+,18?,19?,20-/m0/s1. The SMILES string of the molecule is CC(C)=CCC/C(C)=C\CC[C@@H]1C(O)O[C@H]2OC(O)[C@H]3CC[C@@H]1[C@@H]23. The van der Waals surface area contributed by atoms with E-state index in [1.165, 1.54) is 11.1 Å². The van der Waals surface area contributed by atoms with Gasteiger partial charge in [-0.2, -0.15) is 0 Å². The summed E-state index contributed by atoms with van der Waals surface area (Å²) in [7, 11) is 0. The van der Waals surface area contributed by atoms with Gasteiger partial charge in [-0.05, 0) is 65.2 Å². The molecular weight excluding hydrogens is 304 g/mol. The second-order valence-electron chi connectivity index (χ2n) is 8.02. The van der Waals surface area contributed by atoms with Crippen LogP contribution in [0.1, 0.15) is 59.3 Å². The molecule has 0 radical (unpaired) electrons.